The second-order valence-corrected chi connectivity index (χ2v) is 8.65. The maximum atomic E-state index is 12.9. The predicted octanol–water partition coefficient (Wildman–Crippen LogP) is 4.15. The summed E-state index contributed by atoms with van der Waals surface area (Å²) in [6.07, 6.45) is 4.85. The number of rotatable bonds is 6. The Morgan fingerprint density at radius 2 is 1.94 bits per heavy atom. The molecule has 3 aromatic rings. The van der Waals surface area contributed by atoms with Crippen molar-refractivity contribution in [1.29, 1.82) is 0 Å². The zero-order valence-corrected chi connectivity index (χ0v) is 18.2. The van der Waals surface area contributed by atoms with Crippen LogP contribution < -0.4 is 4.74 Å². The molecule has 32 heavy (non-hydrogen) atoms. The molecule has 0 radical (unpaired) electrons. The number of aromatic nitrogens is 2. The SMILES string of the molecule is COc1cnnc(C(=O)N2CCC(c3ccc(-c4ccccc4C4CC4)cc3CO)C2)c1. The van der Waals surface area contributed by atoms with E-state index in [0.717, 1.165) is 23.1 Å². The van der Waals surface area contributed by atoms with Gasteiger partial charge in [-0.2, -0.15) is 5.10 Å². The normalized spacial score (nSPS) is 18.1. The smallest absolute Gasteiger partial charge is 0.274 e. The molecule has 1 aliphatic heterocycles. The van der Waals surface area contributed by atoms with Gasteiger partial charge in [0.25, 0.3) is 5.91 Å². The van der Waals surface area contributed by atoms with Crippen molar-refractivity contribution in [3.8, 4) is 16.9 Å². The van der Waals surface area contributed by atoms with Crippen LogP contribution in [-0.2, 0) is 6.61 Å². The van der Waals surface area contributed by atoms with Crippen LogP contribution in [0.25, 0.3) is 11.1 Å². The van der Waals surface area contributed by atoms with Crippen molar-refractivity contribution in [1.82, 2.24) is 15.1 Å². The highest BCUT2D eigenvalue weighted by Gasteiger charge is 2.31. The molecule has 6 nitrogen and oxygen atoms in total. The van der Waals surface area contributed by atoms with Gasteiger partial charge in [0, 0.05) is 25.1 Å². The van der Waals surface area contributed by atoms with Crippen molar-refractivity contribution < 1.29 is 14.6 Å². The number of methoxy groups -OCH3 is 1. The Bertz CT molecular complexity index is 1140. The van der Waals surface area contributed by atoms with Gasteiger partial charge in [-0.25, -0.2) is 0 Å². The highest BCUT2D eigenvalue weighted by Crippen LogP contribution is 2.44. The molecular formula is C26H27N3O3. The van der Waals surface area contributed by atoms with Crippen LogP contribution in [0.15, 0.2) is 54.7 Å². The van der Waals surface area contributed by atoms with Crippen LogP contribution in [0.4, 0.5) is 0 Å². The van der Waals surface area contributed by atoms with Crippen LogP contribution in [0.5, 0.6) is 5.75 Å². The molecule has 0 spiro atoms. The van der Waals surface area contributed by atoms with Crippen molar-refractivity contribution in [2.75, 3.05) is 20.2 Å². The Morgan fingerprint density at radius 3 is 2.72 bits per heavy atom. The number of hydrogen-bond acceptors (Lipinski definition) is 5. The Kier molecular flexibility index (Phi) is 5.62. The van der Waals surface area contributed by atoms with E-state index in [1.54, 1.807) is 13.2 Å². The molecule has 1 aromatic heterocycles. The van der Waals surface area contributed by atoms with Crippen molar-refractivity contribution >= 4 is 5.91 Å². The zero-order valence-electron chi connectivity index (χ0n) is 18.2. The van der Waals surface area contributed by atoms with E-state index in [0.29, 0.717) is 30.5 Å². The summed E-state index contributed by atoms with van der Waals surface area (Å²) in [5.41, 5.74) is 6.16. The quantitative estimate of drug-likeness (QED) is 0.637. The van der Waals surface area contributed by atoms with E-state index < -0.39 is 0 Å². The minimum absolute atomic E-state index is 0.0133. The molecular weight excluding hydrogens is 402 g/mol. The van der Waals surface area contributed by atoms with E-state index in [-0.39, 0.29) is 18.4 Å². The van der Waals surface area contributed by atoms with Gasteiger partial charge < -0.3 is 14.7 Å². The summed E-state index contributed by atoms with van der Waals surface area (Å²) in [6, 6.07) is 16.6. The third-order valence-corrected chi connectivity index (χ3v) is 6.60. The van der Waals surface area contributed by atoms with Crippen LogP contribution in [0, 0.1) is 0 Å². The van der Waals surface area contributed by atoms with Crippen molar-refractivity contribution in [2.45, 2.75) is 37.7 Å². The highest BCUT2D eigenvalue weighted by atomic mass is 16.5. The Labute approximate surface area is 187 Å². The summed E-state index contributed by atoms with van der Waals surface area (Å²) in [4.78, 5) is 14.7. The second-order valence-electron chi connectivity index (χ2n) is 8.65. The first-order chi connectivity index (χ1) is 15.7. The van der Waals surface area contributed by atoms with Gasteiger partial charge in [-0.1, -0.05) is 36.4 Å². The van der Waals surface area contributed by atoms with Gasteiger partial charge in [-0.3, -0.25) is 4.79 Å². The van der Waals surface area contributed by atoms with Crippen molar-refractivity contribution in [3.63, 3.8) is 0 Å². The average molecular weight is 430 g/mol. The molecule has 1 unspecified atom stereocenters. The first-order valence-electron chi connectivity index (χ1n) is 11.2. The fourth-order valence-corrected chi connectivity index (χ4v) is 4.74. The molecule has 164 valence electrons. The van der Waals surface area contributed by atoms with Crippen molar-refractivity contribution in [3.05, 3.63) is 77.1 Å². The monoisotopic (exact) mass is 429 g/mol. The summed E-state index contributed by atoms with van der Waals surface area (Å²) in [5.74, 6) is 1.23. The van der Waals surface area contributed by atoms with Gasteiger partial charge in [0.2, 0.25) is 0 Å². The molecule has 1 atom stereocenters. The molecule has 2 aliphatic rings. The molecule has 2 aromatic carbocycles. The Morgan fingerprint density at radius 1 is 1.09 bits per heavy atom. The van der Waals surface area contributed by atoms with Crippen LogP contribution in [0.1, 0.15) is 58.3 Å². The molecule has 1 amide bonds. The first kappa shape index (κ1) is 20.6. The Balaban J connectivity index is 1.37. The van der Waals surface area contributed by atoms with Gasteiger partial charge in [0.05, 0.1) is 19.9 Å². The average Bonchev–Trinajstić information content (AvgIpc) is 3.59. The molecule has 2 heterocycles. The first-order valence-corrected chi connectivity index (χ1v) is 11.2. The number of benzene rings is 2. The summed E-state index contributed by atoms with van der Waals surface area (Å²) < 4.78 is 5.16. The van der Waals surface area contributed by atoms with Crippen LogP contribution >= 0.6 is 0 Å². The number of aliphatic hydroxyl groups is 1. The van der Waals surface area contributed by atoms with Gasteiger partial charge in [-0.15, -0.1) is 5.10 Å². The summed E-state index contributed by atoms with van der Waals surface area (Å²) in [5, 5.41) is 18.0. The molecule has 5 rings (SSSR count). The molecule has 2 fully saturated rings. The largest absolute Gasteiger partial charge is 0.495 e. The molecule has 1 saturated heterocycles. The van der Waals surface area contributed by atoms with E-state index in [1.807, 2.05) is 4.90 Å². The fourth-order valence-electron chi connectivity index (χ4n) is 4.74. The maximum Gasteiger partial charge on any atom is 0.274 e. The van der Waals surface area contributed by atoms with E-state index in [9.17, 15) is 9.90 Å². The number of aliphatic hydroxyl groups excluding tert-OH is 1. The maximum absolute atomic E-state index is 12.9. The Hall–Kier alpha value is -3.25. The lowest BCUT2D eigenvalue weighted by molar-refractivity contribution is 0.0783. The minimum Gasteiger partial charge on any atom is -0.495 e. The van der Waals surface area contributed by atoms with Gasteiger partial charge >= 0.3 is 0 Å². The standard InChI is InChI=1S/C26H27N3O3/c1-32-21-13-25(28-27-14-21)26(31)29-11-10-19(15-29)22-9-8-18(12-20(22)16-30)24-5-3-2-4-23(24)17-6-7-17/h2-5,8-9,12-14,17,19,30H,6-7,10-11,15-16H2,1H3. The lowest BCUT2D eigenvalue weighted by Gasteiger charge is -2.19. The van der Waals surface area contributed by atoms with Gasteiger partial charge in [-0.05, 0) is 59.1 Å². The second kappa shape index (κ2) is 8.71. The van der Waals surface area contributed by atoms with Gasteiger partial charge in [0.1, 0.15) is 5.75 Å². The lowest BCUT2D eigenvalue weighted by Crippen LogP contribution is -2.29. The third kappa shape index (κ3) is 3.98. The topological polar surface area (TPSA) is 75.6 Å². The minimum atomic E-state index is -0.139. The molecule has 6 heteroatoms. The summed E-state index contributed by atoms with van der Waals surface area (Å²) in [6.45, 7) is 1.24. The van der Waals surface area contributed by atoms with E-state index >= 15 is 0 Å². The number of ether oxygens (including phenoxy) is 1. The summed E-state index contributed by atoms with van der Waals surface area (Å²) >= 11 is 0. The fraction of sp³-hybridized carbons (Fsp3) is 0.346. The number of likely N-dealkylation sites (tertiary alicyclic amines) is 1. The number of amides is 1. The zero-order chi connectivity index (χ0) is 22.1. The van der Waals surface area contributed by atoms with E-state index in [1.165, 1.54) is 30.2 Å². The van der Waals surface area contributed by atoms with E-state index in [2.05, 4.69) is 52.7 Å². The van der Waals surface area contributed by atoms with Crippen LogP contribution in [0.2, 0.25) is 0 Å². The predicted molar refractivity (Wildman–Crippen MR) is 122 cm³/mol. The number of carbonyl (C=O) groups is 1. The highest BCUT2D eigenvalue weighted by molar-refractivity contribution is 5.92. The molecule has 1 aliphatic carbocycles. The molecule has 0 bridgehead atoms. The van der Waals surface area contributed by atoms with Gasteiger partial charge in [0.15, 0.2) is 5.69 Å². The van der Waals surface area contributed by atoms with Crippen LogP contribution in [-0.4, -0.2) is 46.3 Å². The number of hydrogen-bond donors (Lipinski definition) is 1. The summed E-state index contributed by atoms with van der Waals surface area (Å²) in [7, 11) is 1.54. The van der Waals surface area contributed by atoms with Crippen LogP contribution in [0.3, 0.4) is 0 Å². The third-order valence-electron chi connectivity index (χ3n) is 6.60. The van der Waals surface area contributed by atoms with E-state index in [4.69, 9.17) is 4.74 Å². The lowest BCUT2D eigenvalue weighted by atomic mass is 9.89. The number of carbonyl (C=O) groups excluding carboxylic acids is 1. The molecule has 1 saturated carbocycles. The number of nitrogens with zero attached hydrogens (tertiary/aromatic N) is 3. The van der Waals surface area contributed by atoms with Crippen molar-refractivity contribution in [2.24, 2.45) is 0 Å². The molecule has 1 N–H and O–H groups in total.